The fourth-order valence-electron chi connectivity index (χ4n) is 2.35. The summed E-state index contributed by atoms with van der Waals surface area (Å²) in [6.07, 6.45) is 1.12. The third kappa shape index (κ3) is 2.04. The quantitative estimate of drug-likeness (QED) is 0.663. The van der Waals surface area contributed by atoms with E-state index in [4.69, 9.17) is 5.11 Å². The second-order valence-electron chi connectivity index (χ2n) is 4.62. The second-order valence-corrected chi connectivity index (χ2v) is 4.62. The van der Waals surface area contributed by atoms with E-state index in [1.807, 2.05) is 18.2 Å². The number of carbonyl (C=O) groups is 1. The molecule has 2 heterocycles. The summed E-state index contributed by atoms with van der Waals surface area (Å²) < 4.78 is 0. The number of carboxylic acid groups (broad SMARTS) is 1. The second kappa shape index (κ2) is 4.34. The number of nitrogens with one attached hydrogen (secondary N) is 3. The Morgan fingerprint density at radius 3 is 3.00 bits per heavy atom. The van der Waals surface area contributed by atoms with Gasteiger partial charge in [0.05, 0.1) is 0 Å². The monoisotopic (exact) mass is 245 g/mol. The average Bonchev–Trinajstić information content (AvgIpc) is 2.96. The predicted molar refractivity (Wildman–Crippen MR) is 70.2 cm³/mol. The number of carboxylic acids is 1. The van der Waals surface area contributed by atoms with Crippen LogP contribution in [0.1, 0.15) is 16.9 Å². The maximum Gasteiger partial charge on any atom is 0.352 e. The van der Waals surface area contributed by atoms with Crippen molar-refractivity contribution in [2.45, 2.75) is 12.5 Å². The van der Waals surface area contributed by atoms with Crippen molar-refractivity contribution in [2.24, 2.45) is 0 Å². The number of aromatic amines is 1. The van der Waals surface area contributed by atoms with E-state index in [1.54, 1.807) is 6.07 Å². The molecule has 1 aromatic carbocycles. The third-order valence-electron chi connectivity index (χ3n) is 3.28. The first-order valence-electron chi connectivity index (χ1n) is 6.06. The smallest absolute Gasteiger partial charge is 0.352 e. The van der Waals surface area contributed by atoms with Crippen molar-refractivity contribution < 1.29 is 9.90 Å². The zero-order chi connectivity index (χ0) is 12.5. The van der Waals surface area contributed by atoms with Crippen molar-refractivity contribution in [3.63, 3.8) is 0 Å². The number of hydrogen-bond donors (Lipinski definition) is 4. The fourth-order valence-corrected chi connectivity index (χ4v) is 2.35. The molecule has 5 nitrogen and oxygen atoms in total. The van der Waals surface area contributed by atoms with E-state index in [0.29, 0.717) is 6.04 Å². The molecular weight excluding hydrogens is 230 g/mol. The minimum Gasteiger partial charge on any atom is -0.477 e. The molecule has 1 aliphatic rings. The lowest BCUT2D eigenvalue weighted by Crippen LogP contribution is -2.21. The summed E-state index contributed by atoms with van der Waals surface area (Å²) in [6.45, 7) is 2.03. The lowest BCUT2D eigenvalue weighted by Gasteiger charge is -2.12. The highest BCUT2D eigenvalue weighted by Gasteiger charge is 2.14. The number of fused-ring (bicyclic) bond motifs is 1. The number of rotatable bonds is 3. The van der Waals surface area contributed by atoms with E-state index < -0.39 is 5.97 Å². The average molecular weight is 245 g/mol. The molecule has 0 bridgehead atoms. The van der Waals surface area contributed by atoms with Crippen LogP contribution >= 0.6 is 0 Å². The fraction of sp³-hybridized carbons (Fsp3) is 0.308. The summed E-state index contributed by atoms with van der Waals surface area (Å²) in [6, 6.07) is 7.99. The molecule has 2 aromatic rings. The lowest BCUT2D eigenvalue weighted by molar-refractivity contribution is 0.0691. The molecule has 0 amide bonds. The number of anilines is 1. The van der Waals surface area contributed by atoms with Crippen LogP contribution < -0.4 is 10.6 Å². The molecule has 94 valence electrons. The van der Waals surface area contributed by atoms with E-state index in [-0.39, 0.29) is 5.69 Å². The number of aromatic carboxylic acids is 1. The zero-order valence-electron chi connectivity index (χ0n) is 9.86. The summed E-state index contributed by atoms with van der Waals surface area (Å²) in [5.41, 5.74) is 2.11. The Hall–Kier alpha value is -2.01. The zero-order valence-corrected chi connectivity index (χ0v) is 9.86. The minimum absolute atomic E-state index is 0.227. The van der Waals surface area contributed by atoms with Gasteiger partial charge >= 0.3 is 5.97 Å². The van der Waals surface area contributed by atoms with Gasteiger partial charge in [-0.25, -0.2) is 4.79 Å². The van der Waals surface area contributed by atoms with Crippen molar-refractivity contribution in [3.05, 3.63) is 30.0 Å². The van der Waals surface area contributed by atoms with E-state index in [2.05, 4.69) is 15.6 Å². The largest absolute Gasteiger partial charge is 0.477 e. The van der Waals surface area contributed by atoms with Crippen molar-refractivity contribution >= 4 is 22.6 Å². The molecule has 0 radical (unpaired) electrons. The van der Waals surface area contributed by atoms with Gasteiger partial charge in [0.1, 0.15) is 5.69 Å². The van der Waals surface area contributed by atoms with Crippen molar-refractivity contribution in [1.82, 2.24) is 10.3 Å². The molecule has 4 N–H and O–H groups in total. The van der Waals surface area contributed by atoms with Gasteiger partial charge < -0.3 is 20.7 Å². The predicted octanol–water partition coefficient (Wildman–Crippen LogP) is 1.64. The van der Waals surface area contributed by atoms with Crippen LogP contribution in [0.2, 0.25) is 0 Å². The molecule has 3 rings (SSSR count). The van der Waals surface area contributed by atoms with Crippen LogP contribution in [-0.4, -0.2) is 35.2 Å². The Kier molecular flexibility index (Phi) is 2.68. The van der Waals surface area contributed by atoms with Crippen molar-refractivity contribution in [1.29, 1.82) is 0 Å². The molecule has 1 saturated heterocycles. The highest BCUT2D eigenvalue weighted by atomic mass is 16.4. The minimum atomic E-state index is -0.930. The van der Waals surface area contributed by atoms with Crippen LogP contribution in [0.15, 0.2) is 24.3 Å². The van der Waals surface area contributed by atoms with E-state index in [9.17, 15) is 4.79 Å². The summed E-state index contributed by atoms with van der Waals surface area (Å²) in [5, 5.41) is 16.6. The maximum absolute atomic E-state index is 10.9. The Bertz CT molecular complexity index is 585. The summed E-state index contributed by atoms with van der Waals surface area (Å²) in [5.74, 6) is -0.930. The molecule has 1 unspecified atom stereocenters. The summed E-state index contributed by atoms with van der Waals surface area (Å²) >= 11 is 0. The first kappa shape index (κ1) is 11.1. The first-order chi connectivity index (χ1) is 8.72. The van der Waals surface area contributed by atoms with Crippen LogP contribution in [0.5, 0.6) is 0 Å². The summed E-state index contributed by atoms with van der Waals surface area (Å²) in [7, 11) is 0. The van der Waals surface area contributed by atoms with Gasteiger partial charge in [-0.1, -0.05) is 0 Å². The molecule has 1 aromatic heterocycles. The molecule has 0 aliphatic carbocycles. The topological polar surface area (TPSA) is 77.2 Å². The van der Waals surface area contributed by atoms with Crippen LogP contribution in [0.25, 0.3) is 10.9 Å². The van der Waals surface area contributed by atoms with Crippen molar-refractivity contribution in [2.75, 3.05) is 18.4 Å². The number of H-pyrrole nitrogens is 1. The van der Waals surface area contributed by atoms with Gasteiger partial charge in [-0.15, -0.1) is 0 Å². The number of hydrogen-bond acceptors (Lipinski definition) is 3. The molecule has 18 heavy (non-hydrogen) atoms. The molecule has 1 aliphatic heterocycles. The van der Waals surface area contributed by atoms with Gasteiger partial charge in [0.15, 0.2) is 0 Å². The Morgan fingerprint density at radius 2 is 2.28 bits per heavy atom. The Balaban J connectivity index is 1.87. The van der Waals surface area contributed by atoms with Gasteiger partial charge in [0, 0.05) is 29.2 Å². The van der Waals surface area contributed by atoms with Gasteiger partial charge in [-0.05, 0) is 37.2 Å². The van der Waals surface area contributed by atoms with Crippen LogP contribution in [0.4, 0.5) is 5.69 Å². The Morgan fingerprint density at radius 1 is 1.39 bits per heavy atom. The molecule has 0 spiro atoms. The van der Waals surface area contributed by atoms with Crippen LogP contribution in [0.3, 0.4) is 0 Å². The first-order valence-corrected chi connectivity index (χ1v) is 6.06. The van der Waals surface area contributed by atoms with Crippen LogP contribution in [0, 0.1) is 0 Å². The van der Waals surface area contributed by atoms with E-state index >= 15 is 0 Å². The highest BCUT2D eigenvalue weighted by Crippen LogP contribution is 2.21. The van der Waals surface area contributed by atoms with Gasteiger partial charge in [-0.2, -0.15) is 0 Å². The third-order valence-corrected chi connectivity index (χ3v) is 3.28. The van der Waals surface area contributed by atoms with Crippen LogP contribution in [-0.2, 0) is 0 Å². The van der Waals surface area contributed by atoms with Gasteiger partial charge in [0.2, 0.25) is 0 Å². The van der Waals surface area contributed by atoms with Gasteiger partial charge in [-0.3, -0.25) is 0 Å². The number of aromatic nitrogens is 1. The van der Waals surface area contributed by atoms with Gasteiger partial charge in [0.25, 0.3) is 0 Å². The van der Waals surface area contributed by atoms with Crippen molar-refractivity contribution in [3.8, 4) is 0 Å². The maximum atomic E-state index is 10.9. The van der Waals surface area contributed by atoms with E-state index in [0.717, 1.165) is 36.1 Å². The van der Waals surface area contributed by atoms with E-state index in [1.165, 1.54) is 0 Å². The SMILES string of the molecule is O=C(O)c1cc2cc(NC3CCNC3)ccc2[nH]1. The highest BCUT2D eigenvalue weighted by molar-refractivity contribution is 5.94. The molecule has 1 atom stereocenters. The molecule has 0 saturated carbocycles. The lowest BCUT2D eigenvalue weighted by atomic mass is 10.2. The number of benzene rings is 1. The summed E-state index contributed by atoms with van der Waals surface area (Å²) in [4.78, 5) is 13.8. The standard InChI is InChI=1S/C13H15N3O2/c17-13(18)12-6-8-5-9(1-2-11(8)16-12)15-10-3-4-14-7-10/h1-2,5-6,10,14-16H,3-4,7H2,(H,17,18). The molecule has 5 heteroatoms. The molecule has 1 fully saturated rings. The molecular formula is C13H15N3O2. The normalized spacial score (nSPS) is 19.2. The Labute approximate surface area is 104 Å².